The molecule has 1 atom stereocenters. The van der Waals surface area contributed by atoms with Gasteiger partial charge in [0.25, 0.3) is 0 Å². The molecule has 3 heteroatoms. The summed E-state index contributed by atoms with van der Waals surface area (Å²) < 4.78 is 5.42. The monoisotopic (exact) mass is 349 g/mol. The summed E-state index contributed by atoms with van der Waals surface area (Å²) in [4.78, 5) is 2.46. The highest BCUT2D eigenvalue weighted by atomic mass is 35.5. The summed E-state index contributed by atoms with van der Waals surface area (Å²) in [6, 6.07) is 25.3. The van der Waals surface area contributed by atoms with Gasteiger partial charge >= 0.3 is 0 Å². The lowest BCUT2D eigenvalue weighted by atomic mass is 9.87. The minimum absolute atomic E-state index is 0.149. The highest BCUT2D eigenvalue weighted by Gasteiger charge is 2.29. The van der Waals surface area contributed by atoms with Crippen LogP contribution in [0.1, 0.15) is 22.7 Å². The number of methoxy groups -OCH3 is 1. The van der Waals surface area contributed by atoms with E-state index >= 15 is 0 Å². The molecule has 1 unspecified atom stereocenters. The Bertz CT molecular complexity index is 878. The van der Waals surface area contributed by atoms with Gasteiger partial charge in [0.05, 0.1) is 13.2 Å². The van der Waals surface area contributed by atoms with E-state index in [0.717, 1.165) is 23.7 Å². The van der Waals surface area contributed by atoms with Gasteiger partial charge in [0.2, 0.25) is 0 Å². The predicted octanol–water partition coefficient (Wildman–Crippen LogP) is 5.50. The maximum atomic E-state index is 6.29. The van der Waals surface area contributed by atoms with Gasteiger partial charge in [0.1, 0.15) is 5.75 Å². The lowest BCUT2D eigenvalue weighted by Gasteiger charge is -2.39. The SMILES string of the molecule is COc1ccc2c(c1)CCN(c1ccccc1)C2c1cccc(Cl)c1. The number of nitrogens with zero attached hydrogens (tertiary/aromatic N) is 1. The molecule has 1 aliphatic heterocycles. The summed E-state index contributed by atoms with van der Waals surface area (Å²) in [5.41, 5.74) is 5.10. The van der Waals surface area contributed by atoms with E-state index in [0.29, 0.717) is 0 Å². The molecule has 3 aromatic rings. The zero-order valence-electron chi connectivity index (χ0n) is 14.2. The van der Waals surface area contributed by atoms with Gasteiger partial charge in [0.15, 0.2) is 0 Å². The average Bonchev–Trinajstić information content (AvgIpc) is 2.67. The summed E-state index contributed by atoms with van der Waals surface area (Å²) in [5, 5.41) is 0.770. The van der Waals surface area contributed by atoms with E-state index in [4.69, 9.17) is 16.3 Å². The van der Waals surface area contributed by atoms with E-state index in [1.54, 1.807) is 7.11 Å². The van der Waals surface area contributed by atoms with Crippen molar-refractivity contribution in [2.75, 3.05) is 18.6 Å². The van der Waals surface area contributed by atoms with Crippen LogP contribution in [0, 0.1) is 0 Å². The Morgan fingerprint density at radius 3 is 2.56 bits per heavy atom. The molecule has 0 bridgehead atoms. The molecule has 0 aromatic heterocycles. The smallest absolute Gasteiger partial charge is 0.119 e. The Morgan fingerprint density at radius 2 is 1.80 bits per heavy atom. The molecule has 3 aromatic carbocycles. The largest absolute Gasteiger partial charge is 0.497 e. The van der Waals surface area contributed by atoms with Crippen LogP contribution in [0.3, 0.4) is 0 Å². The van der Waals surface area contributed by atoms with Crippen LogP contribution in [0.15, 0.2) is 72.8 Å². The number of ether oxygens (including phenoxy) is 1. The first-order valence-electron chi connectivity index (χ1n) is 8.50. The molecule has 25 heavy (non-hydrogen) atoms. The first kappa shape index (κ1) is 16.0. The molecule has 0 radical (unpaired) electrons. The molecule has 1 heterocycles. The van der Waals surface area contributed by atoms with Crippen molar-refractivity contribution in [3.8, 4) is 5.75 Å². The van der Waals surface area contributed by atoms with Crippen molar-refractivity contribution in [2.45, 2.75) is 12.5 Å². The lowest BCUT2D eigenvalue weighted by Crippen LogP contribution is -2.36. The van der Waals surface area contributed by atoms with Crippen molar-refractivity contribution in [3.63, 3.8) is 0 Å². The number of halogens is 1. The highest BCUT2D eigenvalue weighted by molar-refractivity contribution is 6.30. The van der Waals surface area contributed by atoms with Crippen molar-refractivity contribution >= 4 is 17.3 Å². The number of fused-ring (bicyclic) bond motifs is 1. The van der Waals surface area contributed by atoms with Gasteiger partial charge in [-0.3, -0.25) is 0 Å². The number of benzene rings is 3. The molecule has 0 spiro atoms. The summed E-state index contributed by atoms with van der Waals surface area (Å²) in [6.45, 7) is 0.960. The normalized spacial score (nSPS) is 16.4. The van der Waals surface area contributed by atoms with E-state index in [2.05, 4.69) is 59.5 Å². The van der Waals surface area contributed by atoms with Gasteiger partial charge in [-0.05, 0) is 59.5 Å². The van der Waals surface area contributed by atoms with E-state index in [1.165, 1.54) is 22.4 Å². The number of hydrogen-bond acceptors (Lipinski definition) is 2. The van der Waals surface area contributed by atoms with Crippen molar-refractivity contribution in [1.82, 2.24) is 0 Å². The fourth-order valence-corrected chi connectivity index (χ4v) is 3.86. The second-order valence-corrected chi connectivity index (χ2v) is 6.74. The Kier molecular flexibility index (Phi) is 4.37. The predicted molar refractivity (Wildman–Crippen MR) is 104 cm³/mol. The molecule has 1 aliphatic rings. The minimum Gasteiger partial charge on any atom is -0.497 e. The van der Waals surface area contributed by atoms with E-state index < -0.39 is 0 Å². The molecule has 0 amide bonds. The summed E-state index contributed by atoms with van der Waals surface area (Å²) in [6.07, 6.45) is 0.999. The van der Waals surface area contributed by atoms with Crippen LogP contribution in [0.2, 0.25) is 5.02 Å². The van der Waals surface area contributed by atoms with Gasteiger partial charge in [-0.15, -0.1) is 0 Å². The first-order valence-corrected chi connectivity index (χ1v) is 8.88. The molecule has 2 nitrogen and oxygen atoms in total. The number of hydrogen-bond donors (Lipinski definition) is 0. The zero-order chi connectivity index (χ0) is 17.2. The number of anilines is 1. The Labute approximate surface area is 153 Å². The third kappa shape index (κ3) is 3.10. The van der Waals surface area contributed by atoms with E-state index in [1.807, 2.05) is 18.2 Å². The fraction of sp³-hybridized carbons (Fsp3) is 0.182. The quantitative estimate of drug-likeness (QED) is 0.619. The molecule has 126 valence electrons. The molecule has 0 aliphatic carbocycles. The fourth-order valence-electron chi connectivity index (χ4n) is 3.66. The minimum atomic E-state index is 0.149. The summed E-state index contributed by atoms with van der Waals surface area (Å²) in [7, 11) is 1.72. The molecule has 0 fully saturated rings. The third-order valence-electron chi connectivity index (χ3n) is 4.83. The van der Waals surface area contributed by atoms with Gasteiger partial charge < -0.3 is 9.64 Å². The van der Waals surface area contributed by atoms with Crippen molar-refractivity contribution < 1.29 is 4.74 Å². The van der Waals surface area contributed by atoms with Gasteiger partial charge in [0, 0.05) is 17.3 Å². The average molecular weight is 350 g/mol. The molecule has 0 saturated heterocycles. The van der Waals surface area contributed by atoms with Crippen LogP contribution >= 0.6 is 11.6 Å². The van der Waals surface area contributed by atoms with E-state index in [-0.39, 0.29) is 6.04 Å². The maximum absolute atomic E-state index is 6.29. The summed E-state index contributed by atoms with van der Waals surface area (Å²) >= 11 is 6.29. The van der Waals surface area contributed by atoms with Crippen molar-refractivity contribution in [1.29, 1.82) is 0 Å². The zero-order valence-corrected chi connectivity index (χ0v) is 14.9. The van der Waals surface area contributed by atoms with Crippen LogP contribution in [-0.4, -0.2) is 13.7 Å². The molecule has 4 rings (SSSR count). The maximum Gasteiger partial charge on any atom is 0.119 e. The number of rotatable bonds is 3. The molecular formula is C22H20ClNO. The van der Waals surface area contributed by atoms with Crippen LogP contribution in [-0.2, 0) is 6.42 Å². The highest BCUT2D eigenvalue weighted by Crippen LogP contribution is 2.39. The Morgan fingerprint density at radius 1 is 0.960 bits per heavy atom. The standard InChI is InChI=1S/C22H20ClNO/c1-25-20-10-11-21-16(15-20)12-13-24(19-8-3-2-4-9-19)22(21)17-6-5-7-18(23)14-17/h2-11,14-15,22H,12-13H2,1H3. The van der Waals surface area contributed by atoms with E-state index in [9.17, 15) is 0 Å². The van der Waals surface area contributed by atoms with Crippen LogP contribution < -0.4 is 9.64 Å². The van der Waals surface area contributed by atoms with Gasteiger partial charge in [-0.25, -0.2) is 0 Å². The van der Waals surface area contributed by atoms with Crippen LogP contribution in [0.4, 0.5) is 5.69 Å². The topological polar surface area (TPSA) is 12.5 Å². The van der Waals surface area contributed by atoms with Crippen molar-refractivity contribution in [2.24, 2.45) is 0 Å². The molecule has 0 saturated carbocycles. The van der Waals surface area contributed by atoms with Gasteiger partial charge in [-0.1, -0.05) is 48.0 Å². The third-order valence-corrected chi connectivity index (χ3v) is 5.07. The molecule has 0 N–H and O–H groups in total. The van der Waals surface area contributed by atoms with Crippen LogP contribution in [0.5, 0.6) is 5.75 Å². The second-order valence-electron chi connectivity index (χ2n) is 6.30. The lowest BCUT2D eigenvalue weighted by molar-refractivity contribution is 0.413. The Hall–Kier alpha value is -2.45. The Balaban J connectivity index is 1.86. The first-order chi connectivity index (χ1) is 12.3. The van der Waals surface area contributed by atoms with Gasteiger partial charge in [-0.2, -0.15) is 0 Å². The second kappa shape index (κ2) is 6.81. The summed E-state index contributed by atoms with van der Waals surface area (Å²) in [5.74, 6) is 0.914. The van der Waals surface area contributed by atoms with Crippen molar-refractivity contribution in [3.05, 3.63) is 94.5 Å². The molecular weight excluding hydrogens is 330 g/mol. The van der Waals surface area contributed by atoms with Crippen LogP contribution in [0.25, 0.3) is 0 Å². The number of para-hydroxylation sites is 1.